The van der Waals surface area contributed by atoms with Gasteiger partial charge in [-0.25, -0.2) is 0 Å². The van der Waals surface area contributed by atoms with E-state index in [1.165, 1.54) is 5.56 Å². The first-order valence-corrected chi connectivity index (χ1v) is 7.89. The molecule has 0 radical (unpaired) electrons. The van der Waals surface area contributed by atoms with Crippen molar-refractivity contribution in [2.75, 3.05) is 26.2 Å². The molecule has 2 aliphatic heterocycles. The van der Waals surface area contributed by atoms with E-state index in [0.717, 1.165) is 26.1 Å². The minimum Gasteiger partial charge on any atom is -0.369 e. The molecule has 3 atom stereocenters. The van der Waals surface area contributed by atoms with Crippen LogP contribution in [0.1, 0.15) is 24.8 Å². The zero-order valence-corrected chi connectivity index (χ0v) is 12.9. The fraction of sp³-hybridized carbons (Fsp3) is 0.529. The fourth-order valence-electron chi connectivity index (χ4n) is 4.08. The van der Waals surface area contributed by atoms with E-state index in [-0.39, 0.29) is 17.9 Å². The predicted octanol–water partition coefficient (Wildman–Crippen LogP) is 0.808. The number of nitrogens with two attached hydrogens (primary N) is 1. The van der Waals surface area contributed by atoms with Crippen LogP contribution >= 0.6 is 0 Å². The maximum atomic E-state index is 12.0. The first-order valence-electron chi connectivity index (χ1n) is 7.89. The highest BCUT2D eigenvalue weighted by Crippen LogP contribution is 2.41. The molecule has 2 aliphatic rings. The Bertz CT molecular complexity index is 560. The molecule has 0 bridgehead atoms. The van der Waals surface area contributed by atoms with Gasteiger partial charge in [-0.05, 0) is 12.0 Å². The second kappa shape index (κ2) is 6.08. The van der Waals surface area contributed by atoms with Gasteiger partial charge in [-0.15, -0.1) is 0 Å². The van der Waals surface area contributed by atoms with Gasteiger partial charge in [-0.2, -0.15) is 0 Å². The lowest BCUT2D eigenvalue weighted by Gasteiger charge is -2.38. The van der Waals surface area contributed by atoms with E-state index in [0.29, 0.717) is 18.4 Å². The molecule has 5 nitrogen and oxygen atoms in total. The maximum Gasteiger partial charge on any atom is 0.231 e. The third-order valence-electron chi connectivity index (χ3n) is 5.03. The molecule has 0 saturated carbocycles. The molecular formula is C17H23N3O2. The van der Waals surface area contributed by atoms with Gasteiger partial charge in [0.15, 0.2) is 0 Å². The van der Waals surface area contributed by atoms with Gasteiger partial charge in [0.25, 0.3) is 0 Å². The van der Waals surface area contributed by atoms with Crippen molar-refractivity contribution >= 4 is 11.8 Å². The second-order valence-corrected chi connectivity index (χ2v) is 6.41. The van der Waals surface area contributed by atoms with Gasteiger partial charge in [0.2, 0.25) is 11.8 Å². The monoisotopic (exact) mass is 301 g/mol. The van der Waals surface area contributed by atoms with E-state index in [9.17, 15) is 9.59 Å². The number of primary amides is 1. The van der Waals surface area contributed by atoms with E-state index in [1.54, 1.807) is 6.92 Å². The zero-order valence-electron chi connectivity index (χ0n) is 12.9. The van der Waals surface area contributed by atoms with Crippen LogP contribution in [-0.4, -0.2) is 53.8 Å². The summed E-state index contributed by atoms with van der Waals surface area (Å²) < 4.78 is 0. The van der Waals surface area contributed by atoms with E-state index in [4.69, 9.17) is 5.73 Å². The zero-order chi connectivity index (χ0) is 15.7. The average molecular weight is 301 g/mol. The summed E-state index contributed by atoms with van der Waals surface area (Å²) in [6, 6.07) is 10.7. The summed E-state index contributed by atoms with van der Waals surface area (Å²) in [4.78, 5) is 27.3. The van der Waals surface area contributed by atoms with Crippen LogP contribution in [0.2, 0.25) is 0 Å². The lowest BCUT2D eigenvalue weighted by molar-refractivity contribution is -0.131. The third kappa shape index (κ3) is 2.86. The number of hydrogen-bond donors (Lipinski definition) is 1. The molecule has 2 saturated heterocycles. The highest BCUT2D eigenvalue weighted by Gasteiger charge is 2.46. The van der Waals surface area contributed by atoms with Gasteiger partial charge in [-0.1, -0.05) is 30.3 Å². The molecule has 5 heteroatoms. The smallest absolute Gasteiger partial charge is 0.231 e. The number of rotatable bonds is 3. The lowest BCUT2D eigenvalue weighted by Crippen LogP contribution is -2.49. The number of carbonyl (C=O) groups excluding carboxylic acids is 2. The van der Waals surface area contributed by atoms with Crippen LogP contribution in [0, 0.1) is 5.92 Å². The Morgan fingerprint density at radius 3 is 2.59 bits per heavy atom. The Morgan fingerprint density at radius 1 is 1.23 bits per heavy atom. The predicted molar refractivity (Wildman–Crippen MR) is 84.1 cm³/mol. The van der Waals surface area contributed by atoms with Crippen LogP contribution in [0.15, 0.2) is 30.3 Å². The lowest BCUT2D eigenvalue weighted by atomic mass is 9.82. The first kappa shape index (κ1) is 15.0. The van der Waals surface area contributed by atoms with E-state index >= 15 is 0 Å². The molecule has 2 N–H and O–H groups in total. The minimum absolute atomic E-state index is 0.150. The normalized spacial score (nSPS) is 28.4. The van der Waals surface area contributed by atoms with Crippen molar-refractivity contribution in [1.82, 2.24) is 9.80 Å². The van der Waals surface area contributed by atoms with Crippen molar-refractivity contribution in [1.29, 1.82) is 0 Å². The summed E-state index contributed by atoms with van der Waals surface area (Å²) in [7, 11) is 0. The van der Waals surface area contributed by atoms with Crippen LogP contribution < -0.4 is 5.73 Å². The largest absolute Gasteiger partial charge is 0.369 e. The SMILES string of the molecule is CC(=O)N1C[C@H](c2ccccc2)[C@H]2CN(CC(N)=O)CC[C@H]21. The minimum atomic E-state index is -0.281. The van der Waals surface area contributed by atoms with Gasteiger partial charge >= 0.3 is 0 Å². The Balaban J connectivity index is 1.84. The summed E-state index contributed by atoms with van der Waals surface area (Å²) in [5, 5.41) is 0. The number of benzene rings is 1. The van der Waals surface area contributed by atoms with Crippen LogP contribution in [-0.2, 0) is 9.59 Å². The average Bonchev–Trinajstić information content (AvgIpc) is 2.86. The van der Waals surface area contributed by atoms with Crippen LogP contribution in [0.4, 0.5) is 0 Å². The molecule has 3 rings (SSSR count). The molecule has 22 heavy (non-hydrogen) atoms. The Hall–Kier alpha value is -1.88. The number of nitrogens with zero attached hydrogens (tertiary/aromatic N) is 2. The molecule has 0 spiro atoms. The molecule has 118 valence electrons. The van der Waals surface area contributed by atoms with Crippen molar-refractivity contribution in [3.63, 3.8) is 0 Å². The molecule has 1 aromatic rings. The number of piperidine rings is 1. The van der Waals surface area contributed by atoms with Crippen molar-refractivity contribution in [2.45, 2.75) is 25.3 Å². The number of amides is 2. The number of hydrogen-bond acceptors (Lipinski definition) is 3. The molecule has 0 unspecified atom stereocenters. The molecular weight excluding hydrogens is 278 g/mol. The van der Waals surface area contributed by atoms with E-state index in [2.05, 4.69) is 17.0 Å². The highest BCUT2D eigenvalue weighted by atomic mass is 16.2. The Labute approximate surface area is 131 Å². The van der Waals surface area contributed by atoms with Crippen molar-refractivity contribution in [3.05, 3.63) is 35.9 Å². The maximum absolute atomic E-state index is 12.0. The van der Waals surface area contributed by atoms with Crippen LogP contribution in [0.3, 0.4) is 0 Å². The standard InChI is InChI=1S/C17H23N3O2/c1-12(21)20-10-14(13-5-3-2-4-6-13)15-9-19(11-17(18)22)8-7-16(15)20/h2-6,14-16H,7-11H2,1H3,(H2,18,22)/t14-,15-,16-/m1/s1. The van der Waals surface area contributed by atoms with Gasteiger partial charge in [0.1, 0.15) is 0 Å². The number of carbonyl (C=O) groups is 2. The van der Waals surface area contributed by atoms with Crippen molar-refractivity contribution < 1.29 is 9.59 Å². The highest BCUT2D eigenvalue weighted by molar-refractivity contribution is 5.76. The van der Waals surface area contributed by atoms with E-state index in [1.807, 2.05) is 23.1 Å². The van der Waals surface area contributed by atoms with E-state index < -0.39 is 0 Å². The molecule has 2 heterocycles. The molecule has 0 aliphatic carbocycles. The summed E-state index contributed by atoms with van der Waals surface area (Å²) in [5.41, 5.74) is 6.62. The molecule has 2 amide bonds. The fourth-order valence-corrected chi connectivity index (χ4v) is 4.08. The summed E-state index contributed by atoms with van der Waals surface area (Å²) >= 11 is 0. The summed E-state index contributed by atoms with van der Waals surface area (Å²) in [6.45, 7) is 4.40. The van der Waals surface area contributed by atoms with Crippen LogP contribution in [0.5, 0.6) is 0 Å². The summed E-state index contributed by atoms with van der Waals surface area (Å²) in [5.74, 6) is 0.582. The number of fused-ring (bicyclic) bond motifs is 1. The van der Waals surface area contributed by atoms with Crippen molar-refractivity contribution in [3.8, 4) is 0 Å². The van der Waals surface area contributed by atoms with Crippen molar-refractivity contribution in [2.24, 2.45) is 11.7 Å². The van der Waals surface area contributed by atoms with Gasteiger partial charge in [0.05, 0.1) is 6.54 Å². The third-order valence-corrected chi connectivity index (χ3v) is 5.03. The Morgan fingerprint density at radius 2 is 1.95 bits per heavy atom. The second-order valence-electron chi connectivity index (χ2n) is 6.41. The molecule has 1 aromatic carbocycles. The topological polar surface area (TPSA) is 66.6 Å². The van der Waals surface area contributed by atoms with Gasteiger partial charge in [0, 0.05) is 44.4 Å². The summed E-state index contributed by atoms with van der Waals surface area (Å²) in [6.07, 6.45) is 0.918. The van der Waals surface area contributed by atoms with Gasteiger partial charge in [-0.3, -0.25) is 14.5 Å². The molecule has 0 aromatic heterocycles. The number of likely N-dealkylation sites (tertiary alicyclic amines) is 2. The molecule has 2 fully saturated rings. The van der Waals surface area contributed by atoms with Crippen LogP contribution in [0.25, 0.3) is 0 Å². The first-order chi connectivity index (χ1) is 10.6. The van der Waals surface area contributed by atoms with Gasteiger partial charge < -0.3 is 10.6 Å². The quantitative estimate of drug-likeness (QED) is 0.898. The Kier molecular flexibility index (Phi) is 4.16.